The molecule has 10 aromatic rings. The van der Waals surface area contributed by atoms with E-state index in [0.29, 0.717) is 74.1 Å². The minimum atomic E-state index is -0.0303. The fourth-order valence-corrected chi connectivity index (χ4v) is 18.4. The Kier molecular flexibility index (Phi) is 20.0. The number of nitrogens with two attached hydrogens (primary N) is 3. The second-order valence-electron chi connectivity index (χ2n) is 26.7. The number of hydrogen-bond donors (Lipinski definition) is 3. The first kappa shape index (κ1) is 67.2. The third-order valence-electron chi connectivity index (χ3n) is 21.0. The van der Waals surface area contributed by atoms with Crippen molar-refractivity contribution in [3.8, 4) is 34.1 Å². The summed E-state index contributed by atoms with van der Waals surface area (Å²) in [4.78, 5) is 45.4. The SMILES string of the molecule is CSc1cc(-c2ccc(Cl)cc2)c(C(=O)N2CCC3(CC2)COc2ccc(CN)cc23)s1.NCc1ccc2c(c1)C1(CCC(C(=O)/C=C/c3ccc(OCc4ccccc4)cc3)CC1)CO2.NCc1ccc2c(c1)C1(CCN(C(=O)c3sc4ccc5ccccc5c4c3Cl)CC1)CO2. The van der Waals surface area contributed by atoms with Crippen molar-refractivity contribution in [2.24, 2.45) is 23.1 Å². The van der Waals surface area contributed by atoms with Gasteiger partial charge in [0.2, 0.25) is 0 Å². The lowest BCUT2D eigenvalue weighted by atomic mass is 9.67. The van der Waals surface area contributed by atoms with Crippen LogP contribution in [0.3, 0.4) is 0 Å². The van der Waals surface area contributed by atoms with E-state index in [-0.39, 0.29) is 39.8 Å². The predicted octanol–water partition coefficient (Wildman–Crippen LogP) is 17.4. The summed E-state index contributed by atoms with van der Waals surface area (Å²) in [5.41, 5.74) is 28.9. The van der Waals surface area contributed by atoms with E-state index in [1.165, 1.54) is 28.0 Å². The van der Waals surface area contributed by atoms with Crippen LogP contribution in [0.5, 0.6) is 23.0 Å². The molecule has 1 saturated carbocycles. The van der Waals surface area contributed by atoms with E-state index < -0.39 is 0 Å². The number of ketones is 1. The fourth-order valence-electron chi connectivity index (χ4n) is 15.0. The zero-order valence-electron chi connectivity index (χ0n) is 54.9. The van der Waals surface area contributed by atoms with E-state index >= 15 is 0 Å². The average molecular weight is 1400 g/mol. The second kappa shape index (κ2) is 29.1. The lowest BCUT2D eigenvalue weighted by Gasteiger charge is -2.38. The highest BCUT2D eigenvalue weighted by Crippen LogP contribution is 2.52. The number of amides is 2. The van der Waals surface area contributed by atoms with E-state index in [4.69, 9.17) is 59.4 Å². The molecule has 8 aromatic carbocycles. The molecule has 3 fully saturated rings. The molecule has 12 nitrogen and oxygen atoms in total. The number of ether oxygens (including phenoxy) is 4. The normalized spacial score (nSPS) is 18.5. The maximum atomic E-state index is 13.6. The number of rotatable bonds is 13. The van der Waals surface area contributed by atoms with E-state index in [1.54, 1.807) is 29.2 Å². The third kappa shape index (κ3) is 13.7. The number of thiophene rings is 2. The number of benzene rings is 8. The maximum absolute atomic E-state index is 13.6. The number of fused-ring (bicyclic) bond motifs is 9. The lowest BCUT2D eigenvalue weighted by Crippen LogP contribution is -2.46. The monoisotopic (exact) mass is 1400 g/mol. The van der Waals surface area contributed by atoms with Crippen LogP contribution in [0, 0.1) is 5.92 Å². The minimum absolute atomic E-state index is 0.0177. The molecule has 17 heteroatoms. The molecule has 2 aromatic heterocycles. The minimum Gasteiger partial charge on any atom is -0.492 e. The number of halogens is 2. The molecule has 0 atom stereocenters. The molecule has 5 aliphatic heterocycles. The summed E-state index contributed by atoms with van der Waals surface area (Å²) in [7, 11) is 0. The largest absolute Gasteiger partial charge is 0.492 e. The summed E-state index contributed by atoms with van der Waals surface area (Å²) in [5, 5.41) is 4.49. The molecule has 0 bridgehead atoms. The van der Waals surface area contributed by atoms with Gasteiger partial charge in [-0.1, -0.05) is 151 Å². The van der Waals surface area contributed by atoms with E-state index in [2.05, 4.69) is 48.5 Å². The molecule has 1 aliphatic carbocycles. The number of carbonyl (C=O) groups excluding carboxylic acids is 3. The average Bonchev–Trinajstić information content (AvgIpc) is 1.60. The van der Waals surface area contributed by atoms with Gasteiger partial charge in [-0.3, -0.25) is 14.4 Å². The molecule has 7 heterocycles. The van der Waals surface area contributed by atoms with Crippen LogP contribution in [-0.2, 0) is 47.3 Å². The van der Waals surface area contributed by atoms with Gasteiger partial charge in [-0.2, -0.15) is 0 Å². The summed E-state index contributed by atoms with van der Waals surface area (Å²) >= 11 is 17.6. The van der Waals surface area contributed by atoms with Crippen molar-refractivity contribution in [1.82, 2.24) is 9.80 Å². The zero-order valence-corrected chi connectivity index (χ0v) is 58.8. The van der Waals surface area contributed by atoms with Crippen molar-refractivity contribution in [1.29, 1.82) is 0 Å². The number of allylic oxidation sites excluding steroid dienone is 1. The molecule has 2 amide bonds. The van der Waals surface area contributed by atoms with Crippen molar-refractivity contribution in [3.63, 3.8) is 0 Å². The van der Waals surface area contributed by atoms with Crippen LogP contribution >= 0.6 is 57.6 Å². The van der Waals surface area contributed by atoms with E-state index in [0.717, 1.165) is 156 Å². The Labute approximate surface area is 595 Å². The molecule has 0 unspecified atom stereocenters. The molecule has 98 heavy (non-hydrogen) atoms. The predicted molar refractivity (Wildman–Crippen MR) is 399 cm³/mol. The summed E-state index contributed by atoms with van der Waals surface area (Å²) in [6, 6.07) is 59.0. The number of carbonyl (C=O) groups is 3. The van der Waals surface area contributed by atoms with Crippen molar-refractivity contribution in [2.75, 3.05) is 52.3 Å². The van der Waals surface area contributed by atoms with Crippen molar-refractivity contribution >= 4 is 102 Å². The van der Waals surface area contributed by atoms with E-state index in [9.17, 15) is 14.4 Å². The van der Waals surface area contributed by atoms with Crippen LogP contribution in [0.1, 0.15) is 115 Å². The third-order valence-corrected chi connectivity index (χ3v) is 25.0. The standard InChI is InChI=1S/C30H31NO3.C26H23ClN2O2S.C25H25ClN2O2S2/c31-19-24-9-13-29-27(18-24)30(21-34-29)16-14-25(15-17-30)28(32)12-8-22-6-10-26(11-7-22)33-20-23-4-2-1-3-5-23;27-23-22-18-4-2-1-3-17(18)6-8-21(22)32-24(23)25(30)29-11-9-26(10-12-29)15-31-20-7-5-16(14-28)13-19(20)26;1-31-22-13-19(17-3-5-18(26)6-4-17)23(32-22)24(29)28-10-8-25(9-11-28)15-30-21-7-2-16(14-27)12-20(21)25/h1-13,18,25H,14-17,19-21,31H2;1-8,13H,9-12,14-15,28H2;2-7,12-13H,8-11,14-15,27H2,1H3/b12-8+;;. The summed E-state index contributed by atoms with van der Waals surface area (Å²) in [5.74, 6) is 4.18. The zero-order chi connectivity index (χ0) is 67.5. The van der Waals surface area contributed by atoms with Gasteiger partial charge in [-0.25, -0.2) is 0 Å². The molecular formula is C81H79Cl2N5O7S3. The Hall–Kier alpha value is -7.96. The molecule has 0 radical (unpaired) electrons. The second-order valence-corrected chi connectivity index (χ2v) is 30.7. The van der Waals surface area contributed by atoms with Gasteiger partial charge in [-0.05, 0) is 162 Å². The molecule has 16 rings (SSSR count). The quantitative estimate of drug-likeness (QED) is 0.0741. The highest BCUT2D eigenvalue weighted by Gasteiger charge is 2.47. The molecule has 502 valence electrons. The van der Waals surface area contributed by atoms with Gasteiger partial charge >= 0.3 is 0 Å². The van der Waals surface area contributed by atoms with Crippen LogP contribution in [0.15, 0.2) is 186 Å². The first-order valence-corrected chi connectivity index (χ1v) is 37.4. The Morgan fingerprint density at radius 3 is 1.63 bits per heavy atom. The number of hydrogen-bond acceptors (Lipinski definition) is 13. The number of nitrogens with zero attached hydrogens (tertiary/aromatic N) is 2. The molecule has 3 spiro atoms. The van der Waals surface area contributed by atoms with Gasteiger partial charge in [0.15, 0.2) is 5.78 Å². The molecule has 6 aliphatic rings. The number of likely N-dealkylation sites (tertiary alicyclic amines) is 2. The lowest BCUT2D eigenvalue weighted by molar-refractivity contribution is -0.119. The Morgan fingerprint density at radius 2 is 1.09 bits per heavy atom. The topological polar surface area (TPSA) is 173 Å². The highest BCUT2D eigenvalue weighted by atomic mass is 35.5. The van der Waals surface area contributed by atoms with Gasteiger partial charge in [0.05, 0.1) is 29.1 Å². The van der Waals surface area contributed by atoms with Crippen molar-refractivity contribution < 1.29 is 33.3 Å². The number of thioether (sulfide) groups is 1. The smallest absolute Gasteiger partial charge is 0.265 e. The highest BCUT2D eigenvalue weighted by molar-refractivity contribution is 8.00. The van der Waals surface area contributed by atoms with Crippen LogP contribution in [-0.4, -0.2) is 79.7 Å². The first-order valence-electron chi connectivity index (χ1n) is 33.8. The Balaban J connectivity index is 0.000000126. The van der Waals surface area contributed by atoms with Gasteiger partial charge in [0.1, 0.15) is 39.4 Å². The Morgan fingerprint density at radius 1 is 0.571 bits per heavy atom. The molecular weight excluding hydrogens is 1320 g/mol. The van der Waals surface area contributed by atoms with Crippen LogP contribution in [0.2, 0.25) is 10.0 Å². The van der Waals surface area contributed by atoms with E-state index in [1.807, 2.05) is 150 Å². The van der Waals surface area contributed by atoms with Crippen molar-refractivity contribution in [3.05, 3.63) is 246 Å². The van der Waals surface area contributed by atoms with Gasteiger partial charge in [0.25, 0.3) is 11.8 Å². The summed E-state index contributed by atoms with van der Waals surface area (Å²) in [6.07, 6.45) is 13.0. The van der Waals surface area contributed by atoms with Crippen LogP contribution in [0.4, 0.5) is 0 Å². The van der Waals surface area contributed by atoms with Gasteiger partial charge in [0, 0.05) is 105 Å². The van der Waals surface area contributed by atoms with Gasteiger partial charge < -0.3 is 45.9 Å². The van der Waals surface area contributed by atoms with Crippen LogP contribution in [0.25, 0.3) is 38.1 Å². The van der Waals surface area contributed by atoms with Crippen LogP contribution < -0.4 is 36.1 Å². The summed E-state index contributed by atoms with van der Waals surface area (Å²) < 4.78 is 26.1. The van der Waals surface area contributed by atoms with Crippen molar-refractivity contribution in [2.45, 2.75) is 98.1 Å². The Bertz CT molecular complexity index is 4610. The maximum Gasteiger partial charge on any atom is 0.265 e. The van der Waals surface area contributed by atoms with Gasteiger partial charge in [-0.15, -0.1) is 34.4 Å². The fraction of sp³-hybridized carbons (Fsp3) is 0.296. The molecule has 2 saturated heterocycles. The molecule has 6 N–H and O–H groups in total. The first-order chi connectivity index (χ1) is 47.8. The summed E-state index contributed by atoms with van der Waals surface area (Å²) in [6.45, 7) is 7.03. The number of piperidine rings is 2.